The van der Waals surface area contributed by atoms with Crippen molar-refractivity contribution in [3.8, 4) is 33.4 Å². The Kier molecular flexibility index (Phi) is 7.69. The summed E-state index contributed by atoms with van der Waals surface area (Å²) in [7, 11) is 0. The molecule has 9 aromatic rings. The van der Waals surface area contributed by atoms with Gasteiger partial charge >= 0.3 is 0 Å². The maximum absolute atomic E-state index is 6.41. The Bertz CT molecular complexity index is 3030. The van der Waals surface area contributed by atoms with Gasteiger partial charge in [0.1, 0.15) is 11.2 Å². The maximum Gasteiger partial charge on any atom is 0.136 e. The molecule has 0 atom stereocenters. The van der Waals surface area contributed by atoms with Crippen LogP contribution in [0.2, 0.25) is 0 Å². The molecule has 0 saturated heterocycles. The van der Waals surface area contributed by atoms with Crippen LogP contribution in [-0.4, -0.2) is 0 Å². The Labute approximate surface area is 333 Å². The lowest BCUT2D eigenvalue weighted by molar-refractivity contribution is 0.651. The molecule has 0 unspecified atom stereocenters. The number of benzene rings is 8. The predicted octanol–water partition coefficient (Wildman–Crippen LogP) is 15.6. The minimum Gasteiger partial charge on any atom is -0.456 e. The van der Waals surface area contributed by atoms with E-state index in [2.05, 4.69) is 201 Å². The molecule has 0 bridgehead atoms. The van der Waals surface area contributed by atoms with E-state index in [0.29, 0.717) is 0 Å². The smallest absolute Gasteiger partial charge is 0.136 e. The second-order valence-electron chi connectivity index (χ2n) is 16.0. The highest BCUT2D eigenvalue weighted by Gasteiger charge is 2.39. The van der Waals surface area contributed by atoms with Crippen molar-refractivity contribution in [2.45, 2.75) is 32.1 Å². The molecule has 0 spiro atoms. The Morgan fingerprint density at radius 2 is 1.21 bits per heavy atom. The fraction of sp³-hybridized carbons (Fsp3) is 0.0909. The first kappa shape index (κ1) is 33.4. The van der Waals surface area contributed by atoms with Crippen molar-refractivity contribution in [2.24, 2.45) is 0 Å². The molecular weight excluding hydrogens is 691 g/mol. The van der Waals surface area contributed by atoms with Crippen LogP contribution in [0, 0.1) is 0 Å². The third kappa shape index (κ3) is 5.39. The average Bonchev–Trinajstić information content (AvgIpc) is 3.77. The highest BCUT2D eigenvalue weighted by atomic mass is 16.3. The van der Waals surface area contributed by atoms with Crippen LogP contribution in [0.4, 0.5) is 17.1 Å². The zero-order valence-corrected chi connectivity index (χ0v) is 32.2. The number of para-hydroxylation sites is 1. The molecule has 2 nitrogen and oxygen atoms in total. The lowest BCUT2D eigenvalue weighted by Crippen LogP contribution is -2.17. The average molecular weight is 732 g/mol. The minimum atomic E-state index is -0.0894. The van der Waals surface area contributed by atoms with Crippen LogP contribution in [0.15, 0.2) is 198 Å². The fourth-order valence-corrected chi connectivity index (χ4v) is 9.63. The van der Waals surface area contributed by atoms with Gasteiger partial charge in [-0.3, -0.25) is 0 Å². The summed E-state index contributed by atoms with van der Waals surface area (Å²) in [5.41, 5.74) is 18.0. The van der Waals surface area contributed by atoms with Crippen LogP contribution < -0.4 is 4.90 Å². The van der Waals surface area contributed by atoms with Gasteiger partial charge in [0.05, 0.1) is 5.69 Å². The zero-order chi connectivity index (χ0) is 38.1. The molecule has 0 amide bonds. The first-order valence-electron chi connectivity index (χ1n) is 20.1. The zero-order valence-electron chi connectivity index (χ0n) is 32.2. The molecule has 0 aliphatic heterocycles. The van der Waals surface area contributed by atoms with Gasteiger partial charge in [-0.25, -0.2) is 0 Å². The van der Waals surface area contributed by atoms with Crippen molar-refractivity contribution >= 4 is 55.3 Å². The summed E-state index contributed by atoms with van der Waals surface area (Å²) in [6.07, 6.45) is 6.83. The summed E-state index contributed by atoms with van der Waals surface area (Å²) in [6.45, 7) is 4.78. The fourth-order valence-electron chi connectivity index (χ4n) is 9.63. The van der Waals surface area contributed by atoms with Crippen molar-refractivity contribution in [3.63, 3.8) is 0 Å². The van der Waals surface area contributed by atoms with Crippen LogP contribution in [-0.2, 0) is 5.41 Å². The molecule has 2 heteroatoms. The van der Waals surface area contributed by atoms with Crippen LogP contribution in [0.5, 0.6) is 0 Å². The van der Waals surface area contributed by atoms with Crippen molar-refractivity contribution in [3.05, 3.63) is 205 Å². The molecule has 1 heterocycles. The molecule has 57 heavy (non-hydrogen) atoms. The second-order valence-corrected chi connectivity index (χ2v) is 16.0. The first-order valence-corrected chi connectivity index (χ1v) is 20.1. The number of allylic oxidation sites excluding steroid dienone is 4. The number of rotatable bonds is 6. The first-order chi connectivity index (χ1) is 28.0. The Hall–Kier alpha value is -6.90. The summed E-state index contributed by atoms with van der Waals surface area (Å²) in [5.74, 6) is 0. The van der Waals surface area contributed by atoms with Crippen molar-refractivity contribution < 1.29 is 4.42 Å². The number of nitrogens with zero attached hydrogens (tertiary/aromatic N) is 1. The standard InChI is InChI=1S/C55H41NO/c1-55(2)47-26-11-9-23-45(47)53-48(55)27-15-28-49(53)56(43-34-40(36-16-5-3-6-17-36)32-41(35-43)37-18-7-4-8-19-37)42-22-13-21-39(33-42)44-25-14-20-38-30-31-51-54(52(38)44)46-24-10-12-29-50(46)57-51/h3-8,10-22,24-35H,9,23H2,1-2H3. The van der Waals surface area contributed by atoms with Gasteiger partial charge in [0, 0.05) is 38.5 Å². The van der Waals surface area contributed by atoms with Gasteiger partial charge in [0.15, 0.2) is 0 Å². The number of anilines is 3. The summed E-state index contributed by atoms with van der Waals surface area (Å²) < 4.78 is 6.41. The third-order valence-corrected chi connectivity index (χ3v) is 12.3. The lowest BCUT2D eigenvalue weighted by atomic mass is 9.80. The van der Waals surface area contributed by atoms with Gasteiger partial charge in [-0.15, -0.1) is 0 Å². The minimum absolute atomic E-state index is 0.0894. The molecular formula is C55H41NO. The normalized spacial score (nSPS) is 14.4. The number of furan rings is 1. The van der Waals surface area contributed by atoms with E-state index in [1.54, 1.807) is 0 Å². The van der Waals surface area contributed by atoms with Gasteiger partial charge in [0.25, 0.3) is 0 Å². The van der Waals surface area contributed by atoms with Gasteiger partial charge in [-0.2, -0.15) is 0 Å². The van der Waals surface area contributed by atoms with Crippen LogP contribution in [0.25, 0.3) is 71.7 Å². The van der Waals surface area contributed by atoms with E-state index >= 15 is 0 Å². The van der Waals surface area contributed by atoms with E-state index < -0.39 is 0 Å². The molecule has 0 N–H and O–H groups in total. The molecule has 2 aliphatic carbocycles. The van der Waals surface area contributed by atoms with Gasteiger partial charge < -0.3 is 9.32 Å². The van der Waals surface area contributed by atoms with Crippen LogP contribution in [0.1, 0.15) is 37.8 Å². The quantitative estimate of drug-likeness (QED) is 0.169. The van der Waals surface area contributed by atoms with E-state index in [-0.39, 0.29) is 5.41 Å². The summed E-state index contributed by atoms with van der Waals surface area (Å²) in [6, 6.07) is 64.2. The molecule has 0 fully saturated rings. The molecule has 1 aromatic heterocycles. The molecule has 2 aliphatic rings. The summed E-state index contributed by atoms with van der Waals surface area (Å²) in [5, 5.41) is 4.72. The third-order valence-electron chi connectivity index (χ3n) is 12.3. The van der Waals surface area contributed by atoms with E-state index in [4.69, 9.17) is 4.42 Å². The molecule has 11 rings (SSSR count). The van der Waals surface area contributed by atoms with Gasteiger partial charge in [0.2, 0.25) is 0 Å². The van der Waals surface area contributed by atoms with Crippen LogP contribution in [0.3, 0.4) is 0 Å². The number of fused-ring (bicyclic) bond motifs is 7. The Balaban J connectivity index is 1.19. The topological polar surface area (TPSA) is 16.4 Å². The monoisotopic (exact) mass is 731 g/mol. The van der Waals surface area contributed by atoms with E-state index in [1.807, 2.05) is 6.07 Å². The van der Waals surface area contributed by atoms with Gasteiger partial charge in [-0.1, -0.05) is 153 Å². The Morgan fingerprint density at radius 1 is 0.526 bits per heavy atom. The van der Waals surface area contributed by atoms with E-state index in [9.17, 15) is 0 Å². The van der Waals surface area contributed by atoms with Gasteiger partial charge in [-0.05, 0) is 117 Å². The SMILES string of the molecule is CC1(C)C2=C(CCC=C2)c2c(N(c3cc(-c4ccccc4)cc(-c4ccccc4)c3)c3cccc(-c4cccc5ccc6oc7ccccc7c6c45)c3)cccc21. The lowest BCUT2D eigenvalue weighted by Gasteiger charge is -2.30. The summed E-state index contributed by atoms with van der Waals surface area (Å²) >= 11 is 0. The highest BCUT2D eigenvalue weighted by molar-refractivity contribution is 6.23. The van der Waals surface area contributed by atoms with Crippen molar-refractivity contribution in [1.82, 2.24) is 0 Å². The molecule has 8 aromatic carbocycles. The predicted molar refractivity (Wildman–Crippen MR) is 241 cm³/mol. The van der Waals surface area contributed by atoms with Crippen molar-refractivity contribution in [1.29, 1.82) is 0 Å². The Morgan fingerprint density at radius 3 is 2.00 bits per heavy atom. The van der Waals surface area contributed by atoms with Crippen molar-refractivity contribution in [2.75, 3.05) is 4.90 Å². The van der Waals surface area contributed by atoms with E-state index in [0.717, 1.165) is 51.7 Å². The molecule has 272 valence electrons. The van der Waals surface area contributed by atoms with E-state index in [1.165, 1.54) is 66.6 Å². The summed E-state index contributed by atoms with van der Waals surface area (Å²) in [4.78, 5) is 2.53. The molecule has 0 saturated carbocycles. The highest BCUT2D eigenvalue weighted by Crippen LogP contribution is 2.55. The second kappa shape index (κ2) is 13.1. The molecule has 0 radical (unpaired) electrons. The van der Waals surface area contributed by atoms with Crippen LogP contribution >= 0.6 is 0 Å². The number of hydrogen-bond acceptors (Lipinski definition) is 2. The largest absolute Gasteiger partial charge is 0.456 e. The maximum atomic E-state index is 6.41. The number of hydrogen-bond donors (Lipinski definition) is 0.